The molecule has 1 saturated heterocycles. The molecule has 2 heterocycles. The zero-order chi connectivity index (χ0) is 19.6. The number of fused-ring (bicyclic) bond motifs is 1. The molecule has 1 fully saturated rings. The number of nitrogens with one attached hydrogen (secondary N) is 2. The lowest BCUT2D eigenvalue weighted by Gasteiger charge is -2.20. The van der Waals surface area contributed by atoms with Gasteiger partial charge in [0.05, 0.1) is 0 Å². The second-order valence-corrected chi connectivity index (χ2v) is 7.23. The smallest absolute Gasteiger partial charge is 0.222 e. The molecule has 1 amide bonds. The molecule has 160 valence electrons. The minimum atomic E-state index is 0. The highest BCUT2D eigenvalue weighted by molar-refractivity contribution is 14.0. The van der Waals surface area contributed by atoms with Crippen LogP contribution >= 0.6 is 24.0 Å². The monoisotopic (exact) mass is 512 g/mol. The number of furan rings is 1. The Morgan fingerprint density at radius 1 is 1.21 bits per heavy atom. The van der Waals surface area contributed by atoms with Crippen molar-refractivity contribution in [1.82, 2.24) is 15.5 Å². The molecule has 2 aromatic rings. The molecule has 0 atom stereocenters. The number of carbonyl (C=O) groups is 1. The Balaban J connectivity index is 0.00000300. The highest BCUT2D eigenvalue weighted by Crippen LogP contribution is 2.18. The minimum Gasteiger partial charge on any atom is -0.461 e. The molecule has 0 bridgehead atoms. The first-order valence-electron chi connectivity index (χ1n) is 10.5. The summed E-state index contributed by atoms with van der Waals surface area (Å²) in [7, 11) is 0. The molecule has 0 radical (unpaired) electrons. The average molecular weight is 512 g/mol. The Morgan fingerprint density at radius 3 is 2.90 bits per heavy atom. The Hall–Kier alpha value is -1.77. The lowest BCUT2D eigenvalue weighted by molar-refractivity contribution is -0.130. The maximum absolute atomic E-state index is 12.0. The fourth-order valence-corrected chi connectivity index (χ4v) is 3.53. The van der Waals surface area contributed by atoms with Crippen LogP contribution in [0.5, 0.6) is 0 Å². The third-order valence-corrected chi connectivity index (χ3v) is 5.01. The van der Waals surface area contributed by atoms with Gasteiger partial charge in [-0.1, -0.05) is 24.6 Å². The van der Waals surface area contributed by atoms with Gasteiger partial charge in [-0.05, 0) is 38.3 Å². The summed E-state index contributed by atoms with van der Waals surface area (Å²) < 4.78 is 5.86. The number of amides is 1. The lowest BCUT2D eigenvalue weighted by atomic mass is 10.2. The van der Waals surface area contributed by atoms with Crippen LogP contribution < -0.4 is 10.6 Å². The Morgan fingerprint density at radius 2 is 2.07 bits per heavy atom. The fraction of sp³-hybridized carbons (Fsp3) is 0.545. The van der Waals surface area contributed by atoms with Crippen molar-refractivity contribution in [2.24, 2.45) is 4.99 Å². The molecule has 2 N–H and O–H groups in total. The number of guanidine groups is 1. The van der Waals surface area contributed by atoms with E-state index >= 15 is 0 Å². The molecule has 3 rings (SSSR count). The van der Waals surface area contributed by atoms with Crippen molar-refractivity contribution < 1.29 is 9.21 Å². The van der Waals surface area contributed by atoms with Crippen LogP contribution in [0.3, 0.4) is 0 Å². The SMILES string of the molecule is CCNC(=NCCCN1CCCCCC1=O)NCCc1cc2ccccc2o1.I. The molecule has 0 aliphatic carbocycles. The van der Waals surface area contributed by atoms with Crippen LogP contribution in [0.25, 0.3) is 11.0 Å². The van der Waals surface area contributed by atoms with Gasteiger partial charge in [-0.3, -0.25) is 9.79 Å². The van der Waals surface area contributed by atoms with Gasteiger partial charge in [0.1, 0.15) is 11.3 Å². The first-order valence-corrected chi connectivity index (χ1v) is 10.5. The lowest BCUT2D eigenvalue weighted by Crippen LogP contribution is -2.38. The molecular formula is C22H33IN4O2. The van der Waals surface area contributed by atoms with Crippen molar-refractivity contribution in [1.29, 1.82) is 0 Å². The minimum absolute atomic E-state index is 0. The Kier molecular flexibility index (Phi) is 10.3. The van der Waals surface area contributed by atoms with Gasteiger partial charge in [-0.2, -0.15) is 0 Å². The Labute approximate surface area is 190 Å². The number of rotatable bonds is 8. The predicted molar refractivity (Wildman–Crippen MR) is 129 cm³/mol. The molecule has 1 aromatic heterocycles. The molecule has 6 nitrogen and oxygen atoms in total. The Bertz CT molecular complexity index is 757. The van der Waals surface area contributed by atoms with Gasteiger partial charge >= 0.3 is 0 Å². The number of aliphatic imine (C=N–C) groups is 1. The van der Waals surface area contributed by atoms with Gasteiger partial charge in [0.2, 0.25) is 5.91 Å². The van der Waals surface area contributed by atoms with Crippen molar-refractivity contribution in [2.75, 3.05) is 32.7 Å². The van der Waals surface area contributed by atoms with E-state index < -0.39 is 0 Å². The van der Waals surface area contributed by atoms with Crippen LogP contribution in [0.4, 0.5) is 0 Å². The number of nitrogens with zero attached hydrogens (tertiary/aromatic N) is 2. The molecule has 1 aromatic carbocycles. The maximum Gasteiger partial charge on any atom is 0.222 e. The first kappa shape index (κ1) is 23.5. The number of carbonyl (C=O) groups excluding carboxylic acids is 1. The van der Waals surface area contributed by atoms with Gasteiger partial charge in [-0.15, -0.1) is 24.0 Å². The first-order chi connectivity index (χ1) is 13.8. The molecule has 0 saturated carbocycles. The van der Waals surface area contributed by atoms with Crippen LogP contribution in [0.15, 0.2) is 39.7 Å². The highest BCUT2D eigenvalue weighted by atomic mass is 127. The van der Waals surface area contributed by atoms with E-state index in [0.29, 0.717) is 18.9 Å². The number of benzene rings is 1. The quantitative estimate of drug-likeness (QED) is 0.243. The van der Waals surface area contributed by atoms with Crippen LogP contribution in [0.2, 0.25) is 0 Å². The number of hydrogen-bond acceptors (Lipinski definition) is 3. The van der Waals surface area contributed by atoms with Crippen LogP contribution in [0.1, 0.15) is 44.8 Å². The summed E-state index contributed by atoms with van der Waals surface area (Å²) in [5, 5.41) is 7.79. The molecule has 29 heavy (non-hydrogen) atoms. The molecule has 1 aliphatic rings. The normalized spacial score (nSPS) is 15.1. The summed E-state index contributed by atoms with van der Waals surface area (Å²) in [5.74, 6) is 2.10. The summed E-state index contributed by atoms with van der Waals surface area (Å²) in [6, 6.07) is 10.2. The zero-order valence-electron chi connectivity index (χ0n) is 17.3. The third-order valence-electron chi connectivity index (χ3n) is 5.01. The van der Waals surface area contributed by atoms with Crippen molar-refractivity contribution in [3.8, 4) is 0 Å². The van der Waals surface area contributed by atoms with E-state index in [1.807, 2.05) is 23.1 Å². The van der Waals surface area contributed by atoms with E-state index in [9.17, 15) is 4.79 Å². The molecule has 0 unspecified atom stereocenters. The molecular weight excluding hydrogens is 479 g/mol. The predicted octanol–water partition coefficient (Wildman–Crippen LogP) is 3.94. The summed E-state index contributed by atoms with van der Waals surface area (Å²) in [4.78, 5) is 18.7. The van der Waals surface area contributed by atoms with E-state index in [1.54, 1.807) is 0 Å². The van der Waals surface area contributed by atoms with Crippen molar-refractivity contribution >= 4 is 46.8 Å². The molecule has 7 heteroatoms. The van der Waals surface area contributed by atoms with E-state index in [2.05, 4.69) is 34.7 Å². The highest BCUT2D eigenvalue weighted by Gasteiger charge is 2.15. The van der Waals surface area contributed by atoms with Crippen LogP contribution in [-0.2, 0) is 11.2 Å². The van der Waals surface area contributed by atoms with Gasteiger partial charge in [0, 0.05) is 51.0 Å². The van der Waals surface area contributed by atoms with E-state index in [0.717, 1.165) is 74.6 Å². The topological polar surface area (TPSA) is 69.9 Å². The van der Waals surface area contributed by atoms with Gasteiger partial charge in [-0.25, -0.2) is 0 Å². The van der Waals surface area contributed by atoms with Gasteiger partial charge < -0.3 is 20.0 Å². The average Bonchev–Trinajstić information content (AvgIpc) is 3.00. The maximum atomic E-state index is 12.0. The summed E-state index contributed by atoms with van der Waals surface area (Å²) >= 11 is 0. The van der Waals surface area contributed by atoms with Crippen molar-refractivity contribution in [2.45, 2.75) is 45.4 Å². The van der Waals surface area contributed by atoms with E-state index in [4.69, 9.17) is 4.42 Å². The number of hydrogen-bond donors (Lipinski definition) is 2. The van der Waals surface area contributed by atoms with Crippen molar-refractivity contribution in [3.05, 3.63) is 36.1 Å². The standard InChI is InChI=1S/C22H32N4O2.HI/c1-2-23-22(24-13-8-16-26-15-7-3-4-11-21(26)27)25-14-12-19-17-18-9-5-6-10-20(18)28-19;/h5-6,9-10,17H,2-4,7-8,11-16H2,1H3,(H2,23,24,25);1H. The largest absolute Gasteiger partial charge is 0.461 e. The summed E-state index contributed by atoms with van der Waals surface area (Å²) in [6.45, 7) is 6.06. The fourth-order valence-electron chi connectivity index (χ4n) is 3.53. The number of para-hydroxylation sites is 1. The van der Waals surface area contributed by atoms with Crippen molar-refractivity contribution in [3.63, 3.8) is 0 Å². The second-order valence-electron chi connectivity index (χ2n) is 7.23. The molecule has 1 aliphatic heterocycles. The zero-order valence-corrected chi connectivity index (χ0v) is 19.6. The summed E-state index contributed by atoms with van der Waals surface area (Å²) in [5.41, 5.74) is 0.932. The number of likely N-dealkylation sites (tertiary alicyclic amines) is 1. The van der Waals surface area contributed by atoms with Gasteiger partial charge in [0.15, 0.2) is 5.96 Å². The van der Waals surface area contributed by atoms with Crippen LogP contribution in [0, 0.1) is 0 Å². The third kappa shape index (κ3) is 7.53. The number of halogens is 1. The summed E-state index contributed by atoms with van der Waals surface area (Å²) in [6.07, 6.45) is 5.73. The van der Waals surface area contributed by atoms with E-state index in [-0.39, 0.29) is 24.0 Å². The van der Waals surface area contributed by atoms with Crippen LogP contribution in [-0.4, -0.2) is 49.5 Å². The second kappa shape index (κ2) is 12.7. The van der Waals surface area contributed by atoms with E-state index in [1.165, 1.54) is 6.42 Å². The molecule has 0 spiro atoms. The van der Waals surface area contributed by atoms with Gasteiger partial charge in [0.25, 0.3) is 0 Å².